The minimum absolute atomic E-state index is 0.0157. The van der Waals surface area contributed by atoms with E-state index in [0.717, 1.165) is 25.7 Å². The molecule has 0 saturated heterocycles. The number of hydrogen-bond donors (Lipinski definition) is 16. The molecule has 0 heterocycles. The number of primary amides is 2. The first-order valence-corrected chi connectivity index (χ1v) is 44.7. The summed E-state index contributed by atoms with van der Waals surface area (Å²) in [7, 11) is 0. The van der Waals surface area contributed by atoms with Gasteiger partial charge in [0.05, 0.1) is 61.7 Å². The van der Waals surface area contributed by atoms with E-state index in [1.165, 1.54) is 100 Å². The zero-order valence-corrected chi connectivity index (χ0v) is 71.8. The number of aliphatic hydroxyl groups is 2. The number of guanidine groups is 1. The van der Waals surface area contributed by atoms with Gasteiger partial charge >= 0.3 is 5.97 Å². The summed E-state index contributed by atoms with van der Waals surface area (Å²) in [5.74, 6) is -18.7. The maximum Gasteiger partial charge on any atom is 0.305 e. The molecule has 117 heavy (non-hydrogen) atoms. The number of amides is 8. The van der Waals surface area contributed by atoms with Gasteiger partial charge in [0.15, 0.2) is 34.9 Å². The molecular weight excluding hydrogens is 1550 g/mol. The van der Waals surface area contributed by atoms with Crippen LogP contribution in [0.4, 0.5) is 0 Å². The van der Waals surface area contributed by atoms with Crippen molar-refractivity contribution in [3.63, 3.8) is 0 Å². The predicted molar refractivity (Wildman–Crippen MR) is 453 cm³/mol. The number of aliphatic carboxylic acids is 1. The number of aliphatic hydroxyl groups excluding tert-OH is 2. The standard InChI is InChI=1S/C83H141N13O19S2/c1-7-8-9-10-11-12-13-14-15-16-17-18-19-26-62(100)44-57(35-40-116-5)77(110)91-51-63(101)45-59(43-55-29-31-61(99)32-30-55)80(113)94-67(33-34-74(86)106)70(102)46-56(25-20-22-37-84)78(111)92-65(27-21-23-38-85)71(103)47-58(42-53(2)3)79(112)93-66(28-24-39-90-83(88)89)72(104)48-60(52-97)81(114)95-68(36-41-117-6)73(105)49-64(54(4)98)82(115)96-69(76(87)109)50-75(107)108/h29-32,53-54,56-60,64-69,97-99H,7-28,33-52,84-85H2,1-6H3,(H2,86,106)(H2,87,109)(H,91,110)(H,92,111)(H,93,112)(H,94,113)(H,95,114)(H,96,115)(H,107,108)(H4,88,89,90)/t54-,56-,57-,58-,59+,60+,64+,65+,66+,67+,68+,69+/m1/s1. The van der Waals surface area contributed by atoms with Crippen LogP contribution in [0.3, 0.4) is 0 Å². The van der Waals surface area contributed by atoms with Crippen LogP contribution in [0.2, 0.25) is 0 Å². The van der Waals surface area contributed by atoms with E-state index in [-0.39, 0.29) is 107 Å². The van der Waals surface area contributed by atoms with E-state index in [1.807, 2.05) is 6.26 Å². The summed E-state index contributed by atoms with van der Waals surface area (Å²) in [4.78, 5) is 210. The lowest BCUT2D eigenvalue weighted by atomic mass is 9.87. The first-order valence-electron chi connectivity index (χ1n) is 41.9. The van der Waals surface area contributed by atoms with Crippen LogP contribution < -0.4 is 66.3 Å². The van der Waals surface area contributed by atoms with Crippen molar-refractivity contribution in [2.75, 3.05) is 56.8 Å². The Balaban J connectivity index is 3.60. The molecule has 0 radical (unpaired) electrons. The first-order chi connectivity index (χ1) is 55.6. The van der Waals surface area contributed by atoms with Gasteiger partial charge in [0.1, 0.15) is 17.6 Å². The van der Waals surface area contributed by atoms with Gasteiger partial charge in [-0.1, -0.05) is 116 Å². The van der Waals surface area contributed by atoms with Crippen molar-refractivity contribution in [3.05, 3.63) is 29.8 Å². The van der Waals surface area contributed by atoms with Crippen LogP contribution in [0.1, 0.15) is 252 Å². The summed E-state index contributed by atoms with van der Waals surface area (Å²) in [6.45, 7) is 5.98. The number of carboxylic acids is 1. The van der Waals surface area contributed by atoms with E-state index in [1.54, 1.807) is 32.2 Å². The average Bonchev–Trinajstić information content (AvgIpc) is 0.860. The Labute approximate surface area is 700 Å². The Kier molecular flexibility index (Phi) is 57.8. The zero-order chi connectivity index (χ0) is 87.8. The minimum atomic E-state index is -1.69. The lowest BCUT2D eigenvalue weighted by molar-refractivity contribution is -0.141. The van der Waals surface area contributed by atoms with Gasteiger partial charge in [-0.2, -0.15) is 23.5 Å². The molecule has 0 aliphatic heterocycles. The average molecular weight is 1690 g/mol. The molecule has 32 nitrogen and oxygen atoms in total. The van der Waals surface area contributed by atoms with E-state index < -0.39 is 212 Å². The summed E-state index contributed by atoms with van der Waals surface area (Å²) in [5, 5.41) is 56.3. The number of nitrogens with two attached hydrogens (primary N) is 6. The van der Waals surface area contributed by atoms with Crippen LogP contribution in [0, 0.1) is 41.4 Å². The van der Waals surface area contributed by atoms with E-state index in [4.69, 9.17) is 34.4 Å². The second-order valence-electron chi connectivity index (χ2n) is 31.3. The highest BCUT2D eigenvalue weighted by atomic mass is 32.2. The highest BCUT2D eigenvalue weighted by Gasteiger charge is 2.38. The van der Waals surface area contributed by atoms with Gasteiger partial charge in [-0.05, 0) is 151 Å². The van der Waals surface area contributed by atoms with Gasteiger partial charge in [0.25, 0.3) is 0 Å². The van der Waals surface area contributed by atoms with Crippen molar-refractivity contribution in [2.45, 2.75) is 289 Å². The molecule has 12 atom stereocenters. The monoisotopic (exact) mass is 1690 g/mol. The number of phenolic OH excluding ortho intramolecular Hbond substituents is 1. The Morgan fingerprint density at radius 1 is 0.453 bits per heavy atom. The quantitative estimate of drug-likeness (QED) is 0.0235. The molecule has 8 amide bonds. The number of nitrogens with zero attached hydrogens (tertiary/aromatic N) is 1. The Hall–Kier alpha value is -7.92. The minimum Gasteiger partial charge on any atom is -0.508 e. The second-order valence-corrected chi connectivity index (χ2v) is 33.3. The molecule has 664 valence electrons. The van der Waals surface area contributed by atoms with Crippen LogP contribution in [0.5, 0.6) is 5.75 Å². The molecular formula is C83H141N13O19S2. The van der Waals surface area contributed by atoms with E-state index in [2.05, 4.69) is 43.8 Å². The van der Waals surface area contributed by atoms with Crippen LogP contribution in [-0.4, -0.2) is 207 Å². The number of Topliss-reactive ketones (excluding diaryl/α,β-unsaturated/α-hetero) is 6. The van der Waals surface area contributed by atoms with Crippen LogP contribution in [-0.2, 0) is 78.3 Å². The number of benzene rings is 1. The number of phenols is 1. The van der Waals surface area contributed by atoms with Gasteiger partial charge in [-0.15, -0.1) is 0 Å². The summed E-state index contributed by atoms with van der Waals surface area (Å²) < 4.78 is 0. The fourth-order valence-electron chi connectivity index (χ4n) is 13.7. The number of hydrogen-bond acceptors (Lipinski definition) is 23. The molecule has 0 bridgehead atoms. The molecule has 1 aromatic carbocycles. The van der Waals surface area contributed by atoms with Crippen molar-refractivity contribution in [2.24, 2.45) is 80.8 Å². The van der Waals surface area contributed by atoms with Crippen molar-refractivity contribution in [1.29, 1.82) is 0 Å². The molecule has 0 saturated carbocycles. The third kappa shape index (κ3) is 48.7. The second kappa shape index (κ2) is 63.2. The molecule has 0 aliphatic carbocycles. The molecule has 1 rings (SSSR count). The highest BCUT2D eigenvalue weighted by Crippen LogP contribution is 2.26. The van der Waals surface area contributed by atoms with Gasteiger partial charge in [0.2, 0.25) is 47.3 Å². The zero-order valence-electron chi connectivity index (χ0n) is 70.2. The summed E-state index contributed by atoms with van der Waals surface area (Å²) in [6, 6.07) is -1.25. The topological polar surface area (TPSA) is 578 Å². The van der Waals surface area contributed by atoms with Gasteiger partial charge in [-0.3, -0.25) is 76.9 Å². The summed E-state index contributed by atoms with van der Waals surface area (Å²) in [6.07, 6.45) is 15.0. The smallest absolute Gasteiger partial charge is 0.305 e. The number of rotatable bonds is 73. The third-order valence-electron chi connectivity index (χ3n) is 20.6. The van der Waals surface area contributed by atoms with Crippen LogP contribution in [0.15, 0.2) is 29.3 Å². The Bertz CT molecular complexity index is 3250. The SMILES string of the molecule is CCCCCCCCCCCCCCCC(=O)C[C@@H](CCSC)C(=O)NCC(=O)C[C@H](Cc1ccc(O)cc1)C(=O)N[C@@H](CCC(N)=O)C(=O)C[C@@H](CCCCN)C(=O)N[C@@H](CCCCN)C(=O)C[C@@H](CC(C)C)C(=O)N[C@@H](CCCN=C(N)N)C(=O)C[C@@H](CO)C(=O)N[C@@H](CCSC)C(=O)C[C@H](C(=O)N[C@@H](CC(=O)O)C(N)=O)[C@@H](C)O. The van der Waals surface area contributed by atoms with Crippen LogP contribution in [0.25, 0.3) is 0 Å². The maximum atomic E-state index is 14.9. The maximum absolute atomic E-state index is 14.9. The fourth-order valence-corrected chi connectivity index (χ4v) is 14.7. The molecule has 34 heteroatoms. The number of carboxylic acid groups (broad SMARTS) is 1. The number of nitrogens with one attached hydrogen (secondary N) is 6. The van der Waals surface area contributed by atoms with E-state index in [9.17, 15) is 92.3 Å². The lowest BCUT2D eigenvalue weighted by Gasteiger charge is -2.27. The summed E-state index contributed by atoms with van der Waals surface area (Å²) in [5.41, 5.74) is 34.4. The van der Waals surface area contributed by atoms with E-state index >= 15 is 0 Å². The fraction of sp³-hybridized carbons (Fsp3) is 0.735. The number of aliphatic imine (C=N–C) groups is 1. The molecule has 0 spiro atoms. The number of aromatic hydroxyl groups is 1. The molecule has 0 aliphatic rings. The van der Waals surface area contributed by atoms with Crippen molar-refractivity contribution < 1.29 is 92.3 Å². The van der Waals surface area contributed by atoms with Gasteiger partial charge in [0, 0.05) is 81.6 Å². The van der Waals surface area contributed by atoms with Crippen molar-refractivity contribution in [3.8, 4) is 5.75 Å². The first kappa shape index (κ1) is 107. The molecule has 1 aromatic rings. The number of thioether (sulfide) groups is 2. The normalized spacial score (nSPS) is 14.4. The van der Waals surface area contributed by atoms with Gasteiger partial charge in [-0.25, -0.2) is 0 Å². The number of carbonyl (C=O) groups is 15. The molecule has 0 aromatic heterocycles. The van der Waals surface area contributed by atoms with Crippen LogP contribution >= 0.6 is 23.5 Å². The van der Waals surface area contributed by atoms with Crippen molar-refractivity contribution in [1.82, 2.24) is 31.9 Å². The Morgan fingerprint density at radius 2 is 0.897 bits per heavy atom. The number of unbranched alkanes of at least 4 members (excludes halogenated alkanes) is 14. The van der Waals surface area contributed by atoms with Crippen molar-refractivity contribution >= 4 is 117 Å². The molecule has 0 fully saturated rings. The molecule has 0 unspecified atom stereocenters. The van der Waals surface area contributed by atoms with E-state index in [0.29, 0.717) is 49.8 Å². The van der Waals surface area contributed by atoms with Gasteiger partial charge < -0.3 is 86.7 Å². The highest BCUT2D eigenvalue weighted by molar-refractivity contribution is 7.98. The lowest BCUT2D eigenvalue weighted by Crippen LogP contribution is -2.51. The number of ketones is 6. The largest absolute Gasteiger partial charge is 0.508 e. The predicted octanol–water partition coefficient (Wildman–Crippen LogP) is 4.87. The number of carbonyl (C=O) groups excluding carboxylic acids is 14. The third-order valence-corrected chi connectivity index (χ3v) is 21.9. The molecule has 22 N–H and O–H groups in total. The Morgan fingerprint density at radius 3 is 1.39 bits per heavy atom. The summed E-state index contributed by atoms with van der Waals surface area (Å²) >= 11 is 2.82.